The molecule has 2 aromatic rings. The molecule has 6 nitrogen and oxygen atoms in total. The molecule has 0 saturated heterocycles. The largest absolute Gasteiger partial charge is 0.492 e. The van der Waals surface area contributed by atoms with Crippen molar-refractivity contribution in [2.45, 2.75) is 18.6 Å². The van der Waals surface area contributed by atoms with Gasteiger partial charge in [-0.15, -0.1) is 11.8 Å². The third-order valence-electron chi connectivity index (χ3n) is 4.90. The molecule has 2 aromatic carbocycles. The Morgan fingerprint density at radius 3 is 2.59 bits per heavy atom. The van der Waals surface area contributed by atoms with E-state index in [1.54, 1.807) is 18.2 Å². The maximum Gasteiger partial charge on any atom is 0.319 e. The maximum absolute atomic E-state index is 12.9. The lowest BCUT2D eigenvalue weighted by Crippen LogP contribution is -2.44. The van der Waals surface area contributed by atoms with Crippen molar-refractivity contribution in [1.82, 2.24) is 5.32 Å². The van der Waals surface area contributed by atoms with E-state index in [1.165, 1.54) is 18.9 Å². The smallest absolute Gasteiger partial charge is 0.319 e. The summed E-state index contributed by atoms with van der Waals surface area (Å²) < 4.78 is 11.3. The molecule has 0 aliphatic carbocycles. The summed E-state index contributed by atoms with van der Waals surface area (Å²) >= 11 is 11.1. The van der Waals surface area contributed by atoms with Crippen LogP contribution in [0.3, 0.4) is 0 Å². The highest BCUT2D eigenvalue weighted by molar-refractivity contribution is 9.10. The van der Waals surface area contributed by atoms with Gasteiger partial charge >= 0.3 is 5.97 Å². The molecule has 0 radical (unpaired) electrons. The number of ether oxygens (including phenoxy) is 2. The average molecular weight is 536 g/mol. The minimum atomic E-state index is -1.21. The monoisotopic (exact) mass is 534 g/mol. The zero-order valence-electron chi connectivity index (χ0n) is 17.4. The number of hydrogen-bond donors (Lipinski definition) is 1. The van der Waals surface area contributed by atoms with E-state index < -0.39 is 23.7 Å². The Balaban J connectivity index is 2.03. The Morgan fingerprint density at radius 2 is 2.00 bits per heavy atom. The van der Waals surface area contributed by atoms with Crippen molar-refractivity contribution in [3.63, 3.8) is 0 Å². The van der Waals surface area contributed by atoms with E-state index in [-0.39, 0.29) is 5.57 Å². The number of benzene rings is 2. The molecular weight excluding hydrogens is 516 g/mol. The van der Waals surface area contributed by atoms with Gasteiger partial charge in [0.05, 0.1) is 35.4 Å². The van der Waals surface area contributed by atoms with Crippen molar-refractivity contribution in [1.29, 1.82) is 5.26 Å². The highest BCUT2D eigenvalue weighted by atomic mass is 79.9. The molecular formula is C23H20BrClN2O4S. The number of thioether (sulfide) groups is 1. The molecule has 0 bridgehead atoms. The molecule has 0 unspecified atom stereocenters. The van der Waals surface area contributed by atoms with Gasteiger partial charge in [0.25, 0.3) is 0 Å². The minimum Gasteiger partial charge on any atom is -0.492 e. The van der Waals surface area contributed by atoms with E-state index in [0.717, 1.165) is 10.0 Å². The summed E-state index contributed by atoms with van der Waals surface area (Å²) in [5, 5.41) is 13.5. The number of allylic oxidation sites excluding steroid dienone is 1. The summed E-state index contributed by atoms with van der Waals surface area (Å²) in [6.07, 6.45) is 0. The standard InChI is InChI=1S/C23H20BrClN2O4S/c1-3-31-18-9-6-14(10-17(18)25)19-16(11-26)22(27-21(28)20(19)23(29)30-2)32-12-13-4-7-15(24)8-5-13/h4-10,19-20H,3,12H2,1-2H3,(H,27,28)/t19-,20-/m1/s1. The SMILES string of the molecule is CCOc1ccc([C@@H]2C(C#N)=C(SCc3ccc(Br)cc3)NC(=O)[C@@H]2C(=O)OC)cc1Cl. The molecule has 1 heterocycles. The van der Waals surface area contributed by atoms with Gasteiger partial charge in [-0.3, -0.25) is 9.59 Å². The summed E-state index contributed by atoms with van der Waals surface area (Å²) in [6.45, 7) is 2.28. The molecule has 32 heavy (non-hydrogen) atoms. The van der Waals surface area contributed by atoms with Crippen LogP contribution in [0.1, 0.15) is 24.0 Å². The first-order valence-electron chi connectivity index (χ1n) is 9.72. The number of halogens is 2. The zero-order valence-corrected chi connectivity index (χ0v) is 20.5. The Bertz CT molecular complexity index is 1100. The molecule has 3 rings (SSSR count). The Morgan fingerprint density at radius 1 is 1.28 bits per heavy atom. The first kappa shape index (κ1) is 24.2. The van der Waals surface area contributed by atoms with Crippen LogP contribution in [0.5, 0.6) is 5.75 Å². The van der Waals surface area contributed by atoms with Crippen LogP contribution in [0.15, 0.2) is 57.5 Å². The number of carbonyl (C=O) groups excluding carboxylic acids is 2. The number of hydrogen-bond acceptors (Lipinski definition) is 6. The van der Waals surface area contributed by atoms with E-state index in [2.05, 4.69) is 27.3 Å². The van der Waals surface area contributed by atoms with Crippen LogP contribution >= 0.6 is 39.3 Å². The highest BCUT2D eigenvalue weighted by Crippen LogP contribution is 2.42. The van der Waals surface area contributed by atoms with Crippen LogP contribution in [0, 0.1) is 17.2 Å². The second kappa shape index (κ2) is 10.9. The molecule has 0 fully saturated rings. The molecule has 1 amide bonds. The number of nitriles is 1. The average Bonchev–Trinajstić information content (AvgIpc) is 2.79. The molecule has 0 aromatic heterocycles. The van der Waals surface area contributed by atoms with Gasteiger partial charge in [0.1, 0.15) is 11.7 Å². The van der Waals surface area contributed by atoms with Crippen molar-refractivity contribution < 1.29 is 19.1 Å². The summed E-state index contributed by atoms with van der Waals surface area (Å²) in [6, 6.07) is 15.0. The lowest BCUT2D eigenvalue weighted by molar-refractivity contribution is -0.150. The van der Waals surface area contributed by atoms with E-state index in [9.17, 15) is 14.9 Å². The second-order valence-corrected chi connectivity index (χ2v) is 9.17. The first-order chi connectivity index (χ1) is 15.4. The van der Waals surface area contributed by atoms with Gasteiger partial charge < -0.3 is 14.8 Å². The summed E-state index contributed by atoms with van der Waals surface area (Å²) in [7, 11) is 1.21. The van der Waals surface area contributed by atoms with Crippen LogP contribution in [0.4, 0.5) is 0 Å². The van der Waals surface area contributed by atoms with E-state index in [1.807, 2.05) is 31.2 Å². The fourth-order valence-corrected chi connectivity index (χ4v) is 4.91. The van der Waals surface area contributed by atoms with Crippen molar-refractivity contribution in [3.8, 4) is 11.8 Å². The normalized spacial score (nSPS) is 18.0. The third-order valence-corrected chi connectivity index (χ3v) is 6.81. The molecule has 1 N–H and O–H groups in total. The lowest BCUT2D eigenvalue weighted by Gasteiger charge is -2.31. The molecule has 1 aliphatic rings. The molecule has 0 saturated carbocycles. The van der Waals surface area contributed by atoms with Gasteiger partial charge in [-0.05, 0) is 42.3 Å². The number of nitrogens with zero attached hydrogens (tertiary/aromatic N) is 1. The number of rotatable bonds is 7. The molecule has 2 atom stereocenters. The van der Waals surface area contributed by atoms with E-state index >= 15 is 0 Å². The summed E-state index contributed by atoms with van der Waals surface area (Å²) in [5.74, 6) is -2.26. The van der Waals surface area contributed by atoms with Gasteiger partial charge in [0, 0.05) is 16.1 Å². The van der Waals surface area contributed by atoms with Crippen LogP contribution in [-0.2, 0) is 20.1 Å². The van der Waals surface area contributed by atoms with Gasteiger partial charge in [-0.2, -0.15) is 5.26 Å². The van der Waals surface area contributed by atoms with Gasteiger partial charge in [0.15, 0.2) is 0 Å². The lowest BCUT2D eigenvalue weighted by atomic mass is 9.78. The van der Waals surface area contributed by atoms with Crippen molar-refractivity contribution in [2.75, 3.05) is 13.7 Å². The summed E-state index contributed by atoms with van der Waals surface area (Å²) in [5.41, 5.74) is 1.86. The maximum atomic E-state index is 12.9. The Labute approximate surface area is 204 Å². The van der Waals surface area contributed by atoms with Gasteiger partial charge in [0.2, 0.25) is 5.91 Å². The van der Waals surface area contributed by atoms with Crippen LogP contribution in [-0.4, -0.2) is 25.6 Å². The van der Waals surface area contributed by atoms with E-state index in [0.29, 0.717) is 33.7 Å². The van der Waals surface area contributed by atoms with Crippen LogP contribution in [0.2, 0.25) is 5.02 Å². The molecule has 1 aliphatic heterocycles. The van der Waals surface area contributed by atoms with Crippen molar-refractivity contribution in [2.24, 2.45) is 5.92 Å². The number of carbonyl (C=O) groups is 2. The van der Waals surface area contributed by atoms with E-state index in [4.69, 9.17) is 21.1 Å². The van der Waals surface area contributed by atoms with Gasteiger partial charge in [-0.1, -0.05) is 45.7 Å². The first-order valence-corrected chi connectivity index (χ1v) is 11.9. The predicted molar refractivity (Wildman–Crippen MR) is 127 cm³/mol. The van der Waals surface area contributed by atoms with Crippen LogP contribution < -0.4 is 10.1 Å². The number of methoxy groups -OCH3 is 1. The van der Waals surface area contributed by atoms with Crippen molar-refractivity contribution >= 4 is 51.2 Å². The van der Waals surface area contributed by atoms with Crippen LogP contribution in [0.25, 0.3) is 0 Å². The highest BCUT2D eigenvalue weighted by Gasteiger charge is 2.44. The second-order valence-electron chi connectivity index (χ2n) is 6.86. The Hall–Kier alpha value is -2.47. The van der Waals surface area contributed by atoms with Gasteiger partial charge in [-0.25, -0.2) is 0 Å². The topological polar surface area (TPSA) is 88.4 Å². The fourth-order valence-electron chi connectivity index (χ4n) is 3.40. The Kier molecular flexibility index (Phi) is 8.24. The molecule has 9 heteroatoms. The summed E-state index contributed by atoms with van der Waals surface area (Å²) in [4.78, 5) is 25.4. The number of esters is 1. The number of amides is 1. The third kappa shape index (κ3) is 5.29. The molecule has 166 valence electrons. The molecule has 0 spiro atoms. The zero-order chi connectivity index (χ0) is 23.3. The minimum absolute atomic E-state index is 0.280. The van der Waals surface area contributed by atoms with Crippen molar-refractivity contribution in [3.05, 3.63) is 73.7 Å². The predicted octanol–water partition coefficient (Wildman–Crippen LogP) is 5.17. The quantitative estimate of drug-likeness (QED) is 0.389. The fraction of sp³-hybridized carbons (Fsp3) is 0.261. The number of nitrogens with one attached hydrogen (secondary N) is 1.